The molecule has 0 spiro atoms. The van der Waals surface area contributed by atoms with Gasteiger partial charge in [-0.3, -0.25) is 10.1 Å². The summed E-state index contributed by atoms with van der Waals surface area (Å²) in [7, 11) is 0. The molecule has 0 saturated heterocycles. The summed E-state index contributed by atoms with van der Waals surface area (Å²) in [5.74, 6) is -0.383. The van der Waals surface area contributed by atoms with Crippen molar-refractivity contribution >= 4 is 27.6 Å². The SMILES string of the molecule is CCOC(=O)C1(Oc2ccc(Br)cc2[N+](=O)[O-])CC1. The highest BCUT2D eigenvalue weighted by Crippen LogP contribution is 2.44. The largest absolute Gasteiger partial charge is 0.468 e. The van der Waals surface area contributed by atoms with Crippen molar-refractivity contribution in [3.05, 3.63) is 32.8 Å². The number of carbonyl (C=O) groups excluding carboxylic acids is 1. The Hall–Kier alpha value is -1.63. The fourth-order valence-electron chi connectivity index (χ4n) is 1.65. The van der Waals surface area contributed by atoms with E-state index in [0.29, 0.717) is 17.3 Å². The number of esters is 1. The molecular formula is C12H12BrNO5. The second-order valence-corrected chi connectivity index (χ2v) is 5.10. The Balaban J connectivity index is 2.24. The van der Waals surface area contributed by atoms with Crippen LogP contribution in [0.15, 0.2) is 22.7 Å². The first-order chi connectivity index (χ1) is 8.98. The number of nitro benzene ring substituents is 1. The molecule has 19 heavy (non-hydrogen) atoms. The van der Waals surface area contributed by atoms with Crippen LogP contribution < -0.4 is 4.74 Å². The Bertz CT molecular complexity index is 527. The molecule has 0 unspecified atom stereocenters. The molecule has 0 aromatic heterocycles. The molecule has 0 radical (unpaired) electrons. The smallest absolute Gasteiger partial charge is 0.350 e. The summed E-state index contributed by atoms with van der Waals surface area (Å²) in [6, 6.07) is 4.45. The molecule has 0 atom stereocenters. The van der Waals surface area contributed by atoms with Crippen molar-refractivity contribution in [1.82, 2.24) is 0 Å². The molecule has 1 aromatic carbocycles. The van der Waals surface area contributed by atoms with E-state index in [1.807, 2.05) is 0 Å². The zero-order chi connectivity index (χ0) is 14.0. The maximum Gasteiger partial charge on any atom is 0.350 e. The number of hydrogen-bond donors (Lipinski definition) is 0. The Morgan fingerprint density at radius 2 is 2.21 bits per heavy atom. The van der Waals surface area contributed by atoms with Crippen LogP contribution in [0.2, 0.25) is 0 Å². The number of rotatable bonds is 5. The number of halogens is 1. The normalized spacial score (nSPS) is 15.7. The van der Waals surface area contributed by atoms with Crippen LogP contribution in [0.5, 0.6) is 5.75 Å². The van der Waals surface area contributed by atoms with Gasteiger partial charge in [-0.1, -0.05) is 15.9 Å². The van der Waals surface area contributed by atoms with Crippen molar-refractivity contribution in [1.29, 1.82) is 0 Å². The van der Waals surface area contributed by atoms with Crippen molar-refractivity contribution < 1.29 is 19.2 Å². The van der Waals surface area contributed by atoms with Gasteiger partial charge in [-0.2, -0.15) is 0 Å². The van der Waals surface area contributed by atoms with Gasteiger partial charge >= 0.3 is 11.7 Å². The summed E-state index contributed by atoms with van der Waals surface area (Å²) < 4.78 is 11.0. The highest BCUT2D eigenvalue weighted by Gasteiger charge is 2.55. The summed E-state index contributed by atoms with van der Waals surface area (Å²) in [5.41, 5.74) is -1.22. The molecule has 0 N–H and O–H groups in total. The molecule has 0 heterocycles. The van der Waals surface area contributed by atoms with Crippen molar-refractivity contribution in [3.63, 3.8) is 0 Å². The van der Waals surface area contributed by atoms with Gasteiger partial charge in [0.25, 0.3) is 0 Å². The van der Waals surface area contributed by atoms with E-state index in [2.05, 4.69) is 15.9 Å². The summed E-state index contributed by atoms with van der Waals surface area (Å²) in [5, 5.41) is 11.0. The van der Waals surface area contributed by atoms with Gasteiger partial charge in [-0.15, -0.1) is 0 Å². The fraction of sp³-hybridized carbons (Fsp3) is 0.417. The van der Waals surface area contributed by atoms with Gasteiger partial charge in [0, 0.05) is 23.4 Å². The van der Waals surface area contributed by atoms with Crippen molar-refractivity contribution in [2.45, 2.75) is 25.4 Å². The topological polar surface area (TPSA) is 78.7 Å². The number of carbonyl (C=O) groups is 1. The summed E-state index contributed by atoms with van der Waals surface area (Å²) in [6.07, 6.45) is 1.03. The average molecular weight is 330 g/mol. The van der Waals surface area contributed by atoms with Gasteiger partial charge in [-0.05, 0) is 19.1 Å². The quantitative estimate of drug-likeness (QED) is 0.471. The molecule has 1 fully saturated rings. The Kier molecular flexibility index (Phi) is 3.75. The lowest BCUT2D eigenvalue weighted by atomic mass is 10.2. The average Bonchev–Trinajstić information content (AvgIpc) is 3.12. The lowest BCUT2D eigenvalue weighted by Gasteiger charge is -2.16. The second-order valence-electron chi connectivity index (χ2n) is 4.19. The number of benzene rings is 1. The molecule has 7 heteroatoms. The van der Waals surface area contributed by atoms with Gasteiger partial charge in [0.2, 0.25) is 5.60 Å². The van der Waals surface area contributed by atoms with Gasteiger partial charge in [0.05, 0.1) is 11.5 Å². The van der Waals surface area contributed by atoms with Crippen LogP contribution in [0.1, 0.15) is 19.8 Å². The monoisotopic (exact) mass is 329 g/mol. The van der Waals surface area contributed by atoms with Crippen molar-refractivity contribution in [3.8, 4) is 5.75 Å². The number of nitro groups is 1. The van der Waals surface area contributed by atoms with E-state index in [0.717, 1.165) is 0 Å². The second kappa shape index (κ2) is 5.16. The van der Waals surface area contributed by atoms with Gasteiger partial charge < -0.3 is 9.47 Å². The third-order valence-electron chi connectivity index (χ3n) is 2.77. The number of ether oxygens (including phenoxy) is 2. The van der Waals surface area contributed by atoms with Gasteiger partial charge in [-0.25, -0.2) is 4.79 Å². The molecular weight excluding hydrogens is 318 g/mol. The molecule has 0 amide bonds. The highest BCUT2D eigenvalue weighted by molar-refractivity contribution is 9.10. The van der Waals surface area contributed by atoms with Crippen LogP contribution in [0.4, 0.5) is 5.69 Å². The third kappa shape index (κ3) is 2.86. The van der Waals surface area contributed by atoms with E-state index in [9.17, 15) is 14.9 Å². The molecule has 1 saturated carbocycles. The standard InChI is InChI=1S/C12H12BrNO5/c1-2-18-11(15)12(5-6-12)19-10-4-3-8(13)7-9(10)14(16)17/h3-4,7H,2,5-6H2,1H3. The van der Waals surface area contributed by atoms with Gasteiger partial charge in [0.1, 0.15) is 0 Å². The summed E-state index contributed by atoms with van der Waals surface area (Å²) in [6.45, 7) is 1.96. The van der Waals surface area contributed by atoms with Crippen LogP contribution in [-0.2, 0) is 9.53 Å². The van der Waals surface area contributed by atoms with Crippen molar-refractivity contribution in [2.75, 3.05) is 6.61 Å². The maximum atomic E-state index is 11.8. The molecule has 1 aliphatic carbocycles. The van der Waals surface area contributed by atoms with Crippen LogP contribution in [0, 0.1) is 10.1 Å². The molecule has 0 bridgehead atoms. The van der Waals surface area contributed by atoms with E-state index in [4.69, 9.17) is 9.47 Å². The maximum absolute atomic E-state index is 11.8. The molecule has 1 aromatic rings. The first-order valence-electron chi connectivity index (χ1n) is 5.79. The van der Waals surface area contributed by atoms with Crippen LogP contribution in [-0.4, -0.2) is 23.1 Å². The van der Waals surface area contributed by atoms with E-state index in [-0.39, 0.29) is 18.0 Å². The van der Waals surface area contributed by atoms with Crippen LogP contribution in [0.25, 0.3) is 0 Å². The minimum absolute atomic E-state index is 0.0822. The van der Waals surface area contributed by atoms with E-state index in [1.165, 1.54) is 12.1 Å². The lowest BCUT2D eigenvalue weighted by Crippen LogP contribution is -2.31. The van der Waals surface area contributed by atoms with Crippen LogP contribution >= 0.6 is 15.9 Å². The number of nitrogens with zero attached hydrogens (tertiary/aromatic N) is 1. The van der Waals surface area contributed by atoms with Gasteiger partial charge in [0.15, 0.2) is 5.75 Å². The van der Waals surface area contributed by atoms with E-state index in [1.54, 1.807) is 13.0 Å². The predicted molar refractivity (Wildman–Crippen MR) is 70.0 cm³/mol. The minimum atomic E-state index is -1.05. The zero-order valence-electron chi connectivity index (χ0n) is 10.2. The van der Waals surface area contributed by atoms with Crippen LogP contribution in [0.3, 0.4) is 0 Å². The van der Waals surface area contributed by atoms with E-state index >= 15 is 0 Å². The van der Waals surface area contributed by atoms with Crippen molar-refractivity contribution in [2.24, 2.45) is 0 Å². The fourth-order valence-corrected chi connectivity index (χ4v) is 2.00. The molecule has 0 aliphatic heterocycles. The Morgan fingerprint density at radius 3 is 2.74 bits per heavy atom. The third-order valence-corrected chi connectivity index (χ3v) is 3.27. The summed E-state index contributed by atoms with van der Waals surface area (Å²) in [4.78, 5) is 22.2. The molecule has 2 rings (SSSR count). The highest BCUT2D eigenvalue weighted by atomic mass is 79.9. The Labute approximate surface area is 118 Å². The number of hydrogen-bond acceptors (Lipinski definition) is 5. The Morgan fingerprint density at radius 1 is 1.53 bits per heavy atom. The predicted octanol–water partition coefficient (Wildman–Crippen LogP) is 2.83. The molecule has 102 valence electrons. The summed E-state index contributed by atoms with van der Waals surface area (Å²) >= 11 is 3.16. The van der Waals surface area contributed by atoms with E-state index < -0.39 is 16.5 Å². The lowest BCUT2D eigenvalue weighted by molar-refractivity contribution is -0.386. The zero-order valence-corrected chi connectivity index (χ0v) is 11.8. The first-order valence-corrected chi connectivity index (χ1v) is 6.58. The molecule has 6 nitrogen and oxygen atoms in total. The first kappa shape index (κ1) is 13.8. The minimum Gasteiger partial charge on any atom is -0.468 e. The molecule has 1 aliphatic rings.